The molecule has 0 atom stereocenters. The zero-order valence-corrected chi connectivity index (χ0v) is 24.3. The van der Waals surface area contributed by atoms with Gasteiger partial charge in [0.05, 0.1) is 22.3 Å². The smallest absolute Gasteiger partial charge is 0.337 e. The molecule has 0 bridgehead atoms. The van der Waals surface area contributed by atoms with Crippen molar-refractivity contribution >= 4 is 66.8 Å². The highest BCUT2D eigenvalue weighted by atomic mass is 16.4. The Balaban J connectivity index is 1.89. The van der Waals surface area contributed by atoms with E-state index in [0.717, 1.165) is 27.3 Å². The molecule has 6 N–H and O–H groups in total. The van der Waals surface area contributed by atoms with Gasteiger partial charge in [0.25, 0.3) is 0 Å². The highest BCUT2D eigenvalue weighted by molar-refractivity contribution is 6.41. The first kappa shape index (κ1) is 28.5. The lowest BCUT2D eigenvalue weighted by Crippen LogP contribution is -2.26. The van der Waals surface area contributed by atoms with Gasteiger partial charge in [0.15, 0.2) is 0 Å². The topological polar surface area (TPSA) is 161 Å². The second-order valence-corrected chi connectivity index (χ2v) is 11.3. The molecule has 8 heteroatoms. The largest absolute Gasteiger partial charge is 0.478 e. The summed E-state index contributed by atoms with van der Waals surface area (Å²) in [6.45, 7) is 0. The molecule has 0 fully saturated rings. The molecule has 0 saturated carbocycles. The Morgan fingerprint density at radius 3 is 1.46 bits per heavy atom. The number of carboxylic acids is 2. The lowest BCUT2D eigenvalue weighted by molar-refractivity contribution is 0.0693. The van der Waals surface area contributed by atoms with E-state index in [-0.39, 0.29) is 33.7 Å². The lowest BCUT2D eigenvalue weighted by atomic mass is 9.76. The summed E-state index contributed by atoms with van der Waals surface area (Å²) in [5, 5.41) is 25.4. The predicted octanol–water partition coefficient (Wildman–Crippen LogP) is 6.51. The van der Waals surface area contributed by atoms with Crippen molar-refractivity contribution in [2.24, 2.45) is 11.5 Å². The maximum absolute atomic E-state index is 13.5. The van der Waals surface area contributed by atoms with Crippen molar-refractivity contribution < 1.29 is 29.4 Å². The number of carboxylic acid groups (broad SMARTS) is 2. The number of primary amides is 2. The van der Waals surface area contributed by atoms with Crippen molar-refractivity contribution in [1.29, 1.82) is 0 Å². The number of carbonyl (C=O) groups is 4. The maximum atomic E-state index is 13.5. The fourth-order valence-electron chi connectivity index (χ4n) is 7.11. The highest BCUT2D eigenvalue weighted by Crippen LogP contribution is 2.48. The third kappa shape index (κ3) is 4.22. The summed E-state index contributed by atoms with van der Waals surface area (Å²) in [7, 11) is 0. The average molecular weight is 607 g/mol. The van der Waals surface area contributed by atoms with Gasteiger partial charge >= 0.3 is 11.9 Å². The van der Waals surface area contributed by atoms with Crippen molar-refractivity contribution in [3.63, 3.8) is 0 Å². The Bertz CT molecular complexity index is 2410. The van der Waals surface area contributed by atoms with Gasteiger partial charge in [0.1, 0.15) is 0 Å². The monoisotopic (exact) mass is 606 g/mol. The number of aromatic carboxylic acids is 2. The molecule has 7 aromatic rings. The molecule has 0 radical (unpaired) electrons. The highest BCUT2D eigenvalue weighted by Gasteiger charge is 2.35. The summed E-state index contributed by atoms with van der Waals surface area (Å²) in [4.78, 5) is 53.0. The number of benzene rings is 7. The van der Waals surface area contributed by atoms with Gasteiger partial charge in [-0.3, -0.25) is 9.59 Å². The van der Waals surface area contributed by atoms with Crippen molar-refractivity contribution in [3.05, 3.63) is 142 Å². The van der Waals surface area contributed by atoms with Crippen molar-refractivity contribution in [3.8, 4) is 0 Å². The molecule has 7 rings (SSSR count). The van der Waals surface area contributed by atoms with Gasteiger partial charge in [-0.15, -0.1) is 0 Å². The lowest BCUT2D eigenvalue weighted by Gasteiger charge is -2.26. The van der Waals surface area contributed by atoms with Crippen LogP contribution in [0.15, 0.2) is 97.1 Å². The van der Waals surface area contributed by atoms with Gasteiger partial charge in [-0.05, 0) is 62.0 Å². The van der Waals surface area contributed by atoms with E-state index in [2.05, 4.69) is 0 Å². The number of fused-ring (bicyclic) bond motifs is 2. The predicted molar refractivity (Wildman–Crippen MR) is 177 cm³/mol. The van der Waals surface area contributed by atoms with Crippen LogP contribution < -0.4 is 11.5 Å². The summed E-state index contributed by atoms with van der Waals surface area (Å²) in [5.74, 6) is -5.23. The summed E-state index contributed by atoms with van der Waals surface area (Å²) in [6, 6.07) is 30.0. The molecule has 0 aliphatic heterocycles. The molecule has 0 aliphatic carbocycles. The molecule has 224 valence electrons. The van der Waals surface area contributed by atoms with Crippen LogP contribution in [0, 0.1) is 0 Å². The van der Waals surface area contributed by atoms with Crippen LogP contribution in [0.25, 0.3) is 43.1 Å². The first-order valence-corrected chi connectivity index (χ1v) is 14.6. The van der Waals surface area contributed by atoms with Crippen LogP contribution in [0.4, 0.5) is 0 Å². The number of amides is 2. The van der Waals surface area contributed by atoms with E-state index in [1.807, 2.05) is 84.9 Å². The van der Waals surface area contributed by atoms with Crippen LogP contribution in [0.1, 0.15) is 63.7 Å². The number of nitrogens with two attached hydrogens (primary N) is 2. The average Bonchev–Trinajstić information content (AvgIpc) is 3.04. The zero-order valence-electron chi connectivity index (χ0n) is 24.3. The molecule has 0 spiro atoms. The first-order chi connectivity index (χ1) is 22.2. The molecule has 7 aromatic carbocycles. The molecular weight excluding hydrogens is 580 g/mol. The van der Waals surface area contributed by atoms with Gasteiger partial charge in [0.2, 0.25) is 11.8 Å². The second-order valence-electron chi connectivity index (χ2n) is 11.3. The van der Waals surface area contributed by atoms with Crippen LogP contribution in [0.5, 0.6) is 0 Å². The van der Waals surface area contributed by atoms with Crippen molar-refractivity contribution in [2.75, 3.05) is 0 Å². The molecule has 2 amide bonds. The maximum Gasteiger partial charge on any atom is 0.337 e. The normalized spacial score (nSPS) is 11.5. The summed E-state index contributed by atoms with van der Waals surface area (Å²) < 4.78 is 0. The number of carbonyl (C=O) groups excluding carboxylic acids is 2. The first-order valence-electron chi connectivity index (χ1n) is 14.6. The summed E-state index contributed by atoms with van der Waals surface area (Å²) >= 11 is 0. The molecular formula is C38H26N2O6. The van der Waals surface area contributed by atoms with Crippen LogP contribution in [-0.2, 0) is 12.8 Å². The van der Waals surface area contributed by atoms with Gasteiger partial charge in [-0.25, -0.2) is 9.59 Å². The van der Waals surface area contributed by atoms with Crippen molar-refractivity contribution in [1.82, 2.24) is 0 Å². The van der Waals surface area contributed by atoms with E-state index in [0.29, 0.717) is 28.3 Å². The summed E-state index contributed by atoms with van der Waals surface area (Å²) in [6.07, 6.45) is 0.460. The van der Waals surface area contributed by atoms with Gasteiger partial charge in [0, 0.05) is 16.2 Å². The van der Waals surface area contributed by atoms with E-state index < -0.39 is 34.9 Å². The minimum atomic E-state index is -1.60. The van der Waals surface area contributed by atoms with E-state index in [1.54, 1.807) is 12.1 Å². The summed E-state index contributed by atoms with van der Waals surface area (Å²) in [5.41, 5.74) is 12.6. The van der Waals surface area contributed by atoms with Crippen molar-refractivity contribution in [2.45, 2.75) is 12.8 Å². The number of hydrogen-bond donors (Lipinski definition) is 4. The third-order valence-corrected chi connectivity index (χ3v) is 8.78. The minimum Gasteiger partial charge on any atom is -0.478 e. The van der Waals surface area contributed by atoms with E-state index >= 15 is 0 Å². The van der Waals surface area contributed by atoms with E-state index in [1.165, 1.54) is 0 Å². The Labute approximate surface area is 261 Å². The van der Waals surface area contributed by atoms with Crippen LogP contribution in [0.3, 0.4) is 0 Å². The fraction of sp³-hybridized carbons (Fsp3) is 0.0526. The molecule has 0 saturated heterocycles. The third-order valence-electron chi connectivity index (χ3n) is 8.78. The molecule has 0 unspecified atom stereocenters. The Hall–Kier alpha value is -6.28. The standard InChI is InChI=1S/C38H26N2O6/c39-35(41)32-28-23-16-8-14-21-13-7-15-22(26(21)23)27-24(17-19-9-3-1-4-10-19)25(18-20-11-5-2-6-12-20)29(37(43)44)31(30(27)28)34(38(45)46)33(32)36(40)42/h1-16H,17-18H2,(H2,39,41)(H2,40,42)(H,43,44)(H,45,46). The minimum absolute atomic E-state index is 0.156. The number of hydrogen-bond acceptors (Lipinski definition) is 4. The fourth-order valence-corrected chi connectivity index (χ4v) is 7.11. The SMILES string of the molecule is NC(=O)c1c(C(=O)O)c2c(C(=O)O)c(Cc3ccccc3)c(Cc3ccccc3)c3c4cccc5cccc(c(c1C(N)=O)c23)c54. The molecule has 0 aliphatic rings. The quantitative estimate of drug-likeness (QED) is 0.114. The van der Waals surface area contributed by atoms with Crippen LogP contribution in [0.2, 0.25) is 0 Å². The van der Waals surface area contributed by atoms with E-state index in [4.69, 9.17) is 11.5 Å². The van der Waals surface area contributed by atoms with E-state index in [9.17, 15) is 29.4 Å². The molecule has 0 aromatic heterocycles. The zero-order chi connectivity index (χ0) is 32.3. The van der Waals surface area contributed by atoms with Gasteiger partial charge in [-0.2, -0.15) is 0 Å². The Morgan fingerprint density at radius 1 is 0.457 bits per heavy atom. The molecule has 46 heavy (non-hydrogen) atoms. The van der Waals surface area contributed by atoms with Gasteiger partial charge in [-0.1, -0.05) is 97.1 Å². The van der Waals surface area contributed by atoms with Gasteiger partial charge < -0.3 is 21.7 Å². The Kier molecular flexibility index (Phi) is 6.63. The molecule has 8 nitrogen and oxygen atoms in total. The second kappa shape index (κ2) is 10.7. The Morgan fingerprint density at radius 2 is 0.957 bits per heavy atom. The van der Waals surface area contributed by atoms with Crippen LogP contribution >= 0.6 is 0 Å². The van der Waals surface area contributed by atoms with Crippen LogP contribution in [-0.4, -0.2) is 34.0 Å². The molecule has 0 heterocycles. The number of rotatable bonds is 8.